The quantitative estimate of drug-likeness (QED) is 0.0371. The molecule has 0 saturated heterocycles. The smallest absolute Gasteiger partial charge is 0.311 e. The highest BCUT2D eigenvalue weighted by Crippen LogP contribution is 2.23. The van der Waals surface area contributed by atoms with E-state index >= 15 is 0 Å². The van der Waals surface area contributed by atoms with Gasteiger partial charge in [0.1, 0.15) is 23.0 Å². The van der Waals surface area contributed by atoms with Gasteiger partial charge >= 0.3 is 11.9 Å². The minimum Gasteiger partial charge on any atom is -0.507 e. The van der Waals surface area contributed by atoms with Gasteiger partial charge in [0.05, 0.1) is 13.1 Å². The maximum Gasteiger partial charge on any atom is 0.311 e. The SMILES string of the molecule is C=CCCCCCCCCC(=O)Oc1ccc(O)c(/C=N/CC/N=C/c2cc(OC(=O)CCCCCCCCC=C)ccc2O)c1. The molecule has 0 spiro atoms. The molecular formula is C38H52N2O6. The van der Waals surface area contributed by atoms with Crippen molar-refractivity contribution in [2.75, 3.05) is 13.1 Å². The van der Waals surface area contributed by atoms with E-state index in [1.165, 1.54) is 63.1 Å². The third kappa shape index (κ3) is 17.3. The molecule has 0 heterocycles. The van der Waals surface area contributed by atoms with E-state index in [1.54, 1.807) is 24.3 Å². The fourth-order valence-electron chi connectivity index (χ4n) is 4.74. The second kappa shape index (κ2) is 24.1. The molecule has 0 unspecified atom stereocenters. The molecule has 0 fully saturated rings. The number of esters is 2. The van der Waals surface area contributed by atoms with Crippen LogP contribution in [0.1, 0.15) is 114 Å². The van der Waals surface area contributed by atoms with Crippen LogP contribution in [0, 0.1) is 0 Å². The van der Waals surface area contributed by atoms with Crippen molar-refractivity contribution in [3.63, 3.8) is 0 Å². The normalized spacial score (nSPS) is 11.2. The summed E-state index contributed by atoms with van der Waals surface area (Å²) in [6, 6.07) is 9.22. The van der Waals surface area contributed by atoms with Crippen molar-refractivity contribution in [3.05, 3.63) is 72.8 Å². The number of carbonyl (C=O) groups excluding carboxylic acids is 2. The zero-order chi connectivity index (χ0) is 33.2. The first-order valence-electron chi connectivity index (χ1n) is 16.7. The van der Waals surface area contributed by atoms with Gasteiger partial charge in [-0.3, -0.25) is 19.6 Å². The Kier molecular flexibility index (Phi) is 19.9. The lowest BCUT2D eigenvalue weighted by molar-refractivity contribution is -0.135. The molecule has 2 rings (SSSR count). The van der Waals surface area contributed by atoms with Gasteiger partial charge in [0, 0.05) is 36.4 Å². The molecule has 0 aromatic heterocycles. The van der Waals surface area contributed by atoms with Crippen LogP contribution in [-0.4, -0.2) is 47.7 Å². The average molecular weight is 633 g/mol. The maximum absolute atomic E-state index is 12.2. The molecule has 0 amide bonds. The molecule has 0 bridgehead atoms. The molecule has 0 atom stereocenters. The van der Waals surface area contributed by atoms with Gasteiger partial charge in [-0.1, -0.05) is 63.5 Å². The van der Waals surface area contributed by atoms with Gasteiger partial charge in [0.15, 0.2) is 0 Å². The van der Waals surface area contributed by atoms with E-state index in [0.29, 0.717) is 48.6 Å². The third-order valence-electron chi connectivity index (χ3n) is 7.36. The molecule has 250 valence electrons. The molecule has 0 aliphatic carbocycles. The van der Waals surface area contributed by atoms with Crippen molar-refractivity contribution in [1.29, 1.82) is 0 Å². The van der Waals surface area contributed by atoms with Crippen LogP contribution in [-0.2, 0) is 9.59 Å². The number of rotatable bonds is 25. The van der Waals surface area contributed by atoms with Crippen molar-refractivity contribution in [1.82, 2.24) is 0 Å². The highest BCUT2D eigenvalue weighted by Gasteiger charge is 2.09. The lowest BCUT2D eigenvalue weighted by atomic mass is 10.1. The monoisotopic (exact) mass is 632 g/mol. The standard InChI is InChI=1S/C38H52N2O6/c1-3-5-7-9-11-13-15-17-19-37(43)45-33-21-23-35(41)31(27-33)29-39-25-26-40-30-32-28-34(22-24-36(32)42)46-38(44)20-18-16-14-12-10-8-6-4-2/h3-4,21-24,27-30,41-42H,1-2,5-20,25-26H2/b39-29+,40-30+. The zero-order valence-electron chi connectivity index (χ0n) is 27.3. The number of benzene rings is 2. The average Bonchev–Trinajstić information content (AvgIpc) is 3.04. The second-order valence-corrected chi connectivity index (χ2v) is 11.4. The number of phenolic OH excluding ortho intramolecular Hbond substituents is 2. The number of hydrogen-bond donors (Lipinski definition) is 2. The Labute approximate surface area is 275 Å². The van der Waals surface area contributed by atoms with Crippen LogP contribution in [0.25, 0.3) is 0 Å². The molecule has 0 aliphatic rings. The van der Waals surface area contributed by atoms with Gasteiger partial charge in [-0.25, -0.2) is 0 Å². The molecular weight excluding hydrogens is 580 g/mol. The summed E-state index contributed by atoms with van der Waals surface area (Å²) < 4.78 is 10.9. The second-order valence-electron chi connectivity index (χ2n) is 11.4. The molecule has 2 aromatic rings. The van der Waals surface area contributed by atoms with E-state index in [0.717, 1.165) is 51.4 Å². The van der Waals surface area contributed by atoms with E-state index < -0.39 is 0 Å². The van der Waals surface area contributed by atoms with Gasteiger partial charge in [0.25, 0.3) is 0 Å². The molecule has 8 nitrogen and oxygen atoms in total. The zero-order valence-corrected chi connectivity index (χ0v) is 27.3. The van der Waals surface area contributed by atoms with E-state index in [-0.39, 0.29) is 23.4 Å². The lowest BCUT2D eigenvalue weighted by Gasteiger charge is -2.07. The summed E-state index contributed by atoms with van der Waals surface area (Å²) in [6.07, 6.45) is 22.6. The molecule has 8 heteroatoms. The van der Waals surface area contributed by atoms with E-state index in [4.69, 9.17) is 9.47 Å². The fraction of sp³-hybridized carbons (Fsp3) is 0.474. The van der Waals surface area contributed by atoms with Crippen molar-refractivity contribution < 1.29 is 29.3 Å². The first-order valence-corrected chi connectivity index (χ1v) is 16.7. The Hall–Kier alpha value is -4.20. The molecule has 2 N–H and O–H groups in total. The van der Waals surface area contributed by atoms with E-state index in [1.807, 2.05) is 12.2 Å². The summed E-state index contributed by atoms with van der Waals surface area (Å²) in [4.78, 5) is 33.1. The van der Waals surface area contributed by atoms with Crippen LogP contribution in [0.5, 0.6) is 23.0 Å². The van der Waals surface area contributed by atoms with Gasteiger partial charge in [-0.2, -0.15) is 0 Å². The minimum atomic E-state index is -0.294. The topological polar surface area (TPSA) is 118 Å². The number of aromatic hydroxyl groups is 2. The van der Waals surface area contributed by atoms with Crippen molar-refractivity contribution >= 4 is 24.4 Å². The summed E-state index contributed by atoms with van der Waals surface area (Å²) in [7, 11) is 0. The molecule has 46 heavy (non-hydrogen) atoms. The lowest BCUT2D eigenvalue weighted by Crippen LogP contribution is -2.07. The van der Waals surface area contributed by atoms with Crippen LogP contribution >= 0.6 is 0 Å². The van der Waals surface area contributed by atoms with Crippen LogP contribution in [0.4, 0.5) is 0 Å². The maximum atomic E-state index is 12.2. The number of allylic oxidation sites excluding steroid dienone is 2. The summed E-state index contributed by atoms with van der Waals surface area (Å²) in [5.74, 6) is 0.184. The van der Waals surface area contributed by atoms with Gasteiger partial charge in [-0.15, -0.1) is 13.2 Å². The highest BCUT2D eigenvalue weighted by atomic mass is 16.5. The van der Waals surface area contributed by atoms with Crippen LogP contribution in [0.2, 0.25) is 0 Å². The number of nitrogens with zero attached hydrogens (tertiary/aromatic N) is 2. The van der Waals surface area contributed by atoms with E-state index in [9.17, 15) is 19.8 Å². The van der Waals surface area contributed by atoms with Crippen molar-refractivity contribution in [2.45, 2.75) is 103 Å². The Morgan fingerprint density at radius 3 is 1.35 bits per heavy atom. The summed E-state index contributed by atoms with van der Waals surface area (Å²) in [5, 5.41) is 20.4. The number of carbonyl (C=O) groups is 2. The fourth-order valence-corrected chi connectivity index (χ4v) is 4.74. The van der Waals surface area contributed by atoms with E-state index in [2.05, 4.69) is 23.1 Å². The number of phenols is 2. The predicted molar refractivity (Wildman–Crippen MR) is 187 cm³/mol. The molecule has 2 aromatic carbocycles. The Morgan fingerprint density at radius 1 is 0.587 bits per heavy atom. The third-order valence-corrected chi connectivity index (χ3v) is 7.36. The van der Waals surface area contributed by atoms with Crippen LogP contribution in [0.15, 0.2) is 71.7 Å². The first-order chi connectivity index (χ1) is 22.4. The molecule has 0 radical (unpaired) electrons. The minimum absolute atomic E-state index is 0.0269. The summed E-state index contributed by atoms with van der Waals surface area (Å²) in [5.41, 5.74) is 0.869. The van der Waals surface area contributed by atoms with Crippen LogP contribution in [0.3, 0.4) is 0 Å². The molecule has 0 saturated carbocycles. The first kappa shape index (κ1) is 38.0. The highest BCUT2D eigenvalue weighted by molar-refractivity contribution is 5.85. The predicted octanol–water partition coefficient (Wildman–Crippen LogP) is 9.06. The number of unbranched alkanes of at least 4 members (excludes halogenated alkanes) is 12. The number of ether oxygens (including phenoxy) is 2. The molecule has 0 aliphatic heterocycles. The summed E-state index contributed by atoms with van der Waals surface area (Å²) in [6.45, 7) is 8.13. The van der Waals surface area contributed by atoms with Crippen molar-refractivity contribution in [2.24, 2.45) is 9.98 Å². The number of hydrogen-bond acceptors (Lipinski definition) is 8. The van der Waals surface area contributed by atoms with Gasteiger partial charge < -0.3 is 19.7 Å². The van der Waals surface area contributed by atoms with Gasteiger partial charge in [-0.05, 0) is 74.9 Å². The van der Waals surface area contributed by atoms with Crippen molar-refractivity contribution in [3.8, 4) is 23.0 Å². The van der Waals surface area contributed by atoms with Gasteiger partial charge in [0.2, 0.25) is 0 Å². The van der Waals surface area contributed by atoms with Crippen LogP contribution < -0.4 is 9.47 Å². The number of aliphatic imine (C=N–C) groups is 2. The largest absolute Gasteiger partial charge is 0.507 e. The summed E-state index contributed by atoms with van der Waals surface area (Å²) >= 11 is 0. The Morgan fingerprint density at radius 2 is 0.957 bits per heavy atom. The Bertz CT molecular complexity index is 1170. The Balaban J connectivity index is 1.72.